The molecule has 0 aliphatic heterocycles. The Kier molecular flexibility index (Phi) is 6.05. The molecule has 1 aromatic rings. The number of carbonyl (C=O) groups is 1. The van der Waals surface area contributed by atoms with Crippen molar-refractivity contribution in [1.29, 1.82) is 0 Å². The van der Waals surface area contributed by atoms with Gasteiger partial charge in [-0.05, 0) is 55.4 Å². The summed E-state index contributed by atoms with van der Waals surface area (Å²) in [6.45, 7) is 3.86. The molecule has 4 heteroatoms. The minimum Gasteiger partial charge on any atom is -0.497 e. The van der Waals surface area contributed by atoms with Crippen LogP contribution in [0.3, 0.4) is 0 Å². The highest BCUT2D eigenvalue weighted by Crippen LogP contribution is 2.33. The van der Waals surface area contributed by atoms with Crippen LogP contribution in [0.25, 0.3) is 0 Å². The summed E-state index contributed by atoms with van der Waals surface area (Å²) < 4.78 is 10.3. The molecular formula is C17H25NO3. The lowest BCUT2D eigenvalue weighted by Crippen LogP contribution is -2.26. The fourth-order valence-electron chi connectivity index (χ4n) is 2.91. The van der Waals surface area contributed by atoms with Gasteiger partial charge in [0.15, 0.2) is 0 Å². The summed E-state index contributed by atoms with van der Waals surface area (Å²) in [5, 5.41) is 3.38. The Bertz CT molecular complexity index is 473. The molecule has 0 aromatic heterocycles. The van der Waals surface area contributed by atoms with E-state index in [1.54, 1.807) is 7.11 Å². The molecule has 1 aliphatic carbocycles. The van der Waals surface area contributed by atoms with Crippen LogP contribution in [0.4, 0.5) is 0 Å². The Labute approximate surface area is 126 Å². The van der Waals surface area contributed by atoms with Gasteiger partial charge in [-0.3, -0.25) is 4.79 Å². The molecule has 0 spiro atoms. The van der Waals surface area contributed by atoms with Gasteiger partial charge in [-0.2, -0.15) is 0 Å². The van der Waals surface area contributed by atoms with E-state index < -0.39 is 0 Å². The van der Waals surface area contributed by atoms with Crippen molar-refractivity contribution in [2.75, 3.05) is 26.8 Å². The third-order valence-electron chi connectivity index (χ3n) is 3.99. The second-order valence-corrected chi connectivity index (χ2v) is 5.41. The fourth-order valence-corrected chi connectivity index (χ4v) is 2.91. The van der Waals surface area contributed by atoms with E-state index >= 15 is 0 Å². The summed E-state index contributed by atoms with van der Waals surface area (Å²) in [4.78, 5) is 11.3. The van der Waals surface area contributed by atoms with Crippen LogP contribution in [0.15, 0.2) is 18.2 Å². The van der Waals surface area contributed by atoms with Gasteiger partial charge in [0.25, 0.3) is 0 Å². The van der Waals surface area contributed by atoms with Gasteiger partial charge in [0, 0.05) is 13.1 Å². The lowest BCUT2D eigenvalue weighted by Gasteiger charge is -2.26. The molecule has 0 radical (unpaired) electrons. The number of methoxy groups -OCH3 is 1. The van der Waals surface area contributed by atoms with Crippen molar-refractivity contribution in [3.05, 3.63) is 29.3 Å². The zero-order chi connectivity index (χ0) is 15.1. The molecule has 0 saturated heterocycles. The van der Waals surface area contributed by atoms with Gasteiger partial charge >= 0.3 is 5.97 Å². The Morgan fingerprint density at radius 3 is 3.05 bits per heavy atom. The lowest BCUT2D eigenvalue weighted by molar-refractivity contribution is -0.142. The van der Waals surface area contributed by atoms with E-state index in [9.17, 15) is 4.79 Å². The first-order chi connectivity index (χ1) is 10.2. The van der Waals surface area contributed by atoms with Crippen molar-refractivity contribution < 1.29 is 14.3 Å². The molecule has 1 atom stereocenters. The number of esters is 1. The molecule has 0 fully saturated rings. The summed E-state index contributed by atoms with van der Waals surface area (Å²) in [6, 6.07) is 6.38. The van der Waals surface area contributed by atoms with E-state index in [1.165, 1.54) is 24.0 Å². The molecule has 0 bridgehead atoms. The minimum atomic E-state index is -0.129. The average molecular weight is 291 g/mol. The number of rotatable bonds is 7. The van der Waals surface area contributed by atoms with Crippen LogP contribution in [0.2, 0.25) is 0 Å². The predicted octanol–water partition coefficient (Wildman–Crippen LogP) is 2.66. The Morgan fingerprint density at radius 1 is 1.43 bits per heavy atom. The molecule has 1 aliphatic rings. The highest BCUT2D eigenvalue weighted by molar-refractivity contribution is 5.69. The average Bonchev–Trinajstić information content (AvgIpc) is 2.51. The van der Waals surface area contributed by atoms with Gasteiger partial charge in [0.2, 0.25) is 0 Å². The van der Waals surface area contributed by atoms with Gasteiger partial charge in [-0.15, -0.1) is 0 Å². The number of hydrogen-bond acceptors (Lipinski definition) is 4. The van der Waals surface area contributed by atoms with Crippen LogP contribution in [0, 0.1) is 0 Å². The second-order valence-electron chi connectivity index (χ2n) is 5.41. The summed E-state index contributed by atoms with van der Waals surface area (Å²) in [5.74, 6) is 1.30. The van der Waals surface area contributed by atoms with Crippen molar-refractivity contribution in [3.63, 3.8) is 0 Å². The highest BCUT2D eigenvalue weighted by Gasteiger charge is 2.20. The normalized spacial score (nSPS) is 17.1. The van der Waals surface area contributed by atoms with E-state index in [2.05, 4.69) is 17.4 Å². The first-order valence-corrected chi connectivity index (χ1v) is 7.77. The molecule has 0 heterocycles. The number of nitrogens with one attached hydrogen (secondary N) is 1. The van der Waals surface area contributed by atoms with Gasteiger partial charge in [0.1, 0.15) is 5.75 Å². The molecule has 116 valence electrons. The molecule has 0 saturated carbocycles. The molecule has 4 nitrogen and oxygen atoms in total. The summed E-state index contributed by atoms with van der Waals surface area (Å²) >= 11 is 0. The maximum atomic E-state index is 11.3. The molecule has 0 amide bonds. The van der Waals surface area contributed by atoms with E-state index in [0.29, 0.717) is 25.5 Å². The first-order valence-electron chi connectivity index (χ1n) is 7.77. The van der Waals surface area contributed by atoms with E-state index in [0.717, 1.165) is 18.7 Å². The first kappa shape index (κ1) is 15.8. The van der Waals surface area contributed by atoms with Crippen LogP contribution < -0.4 is 10.1 Å². The van der Waals surface area contributed by atoms with Crippen LogP contribution in [0.1, 0.15) is 43.2 Å². The molecule has 2 rings (SSSR count). The van der Waals surface area contributed by atoms with Crippen LogP contribution in [-0.2, 0) is 16.0 Å². The predicted molar refractivity (Wildman–Crippen MR) is 82.8 cm³/mol. The molecule has 1 unspecified atom stereocenters. The molecule has 1 aromatic carbocycles. The van der Waals surface area contributed by atoms with Gasteiger partial charge < -0.3 is 14.8 Å². The monoisotopic (exact) mass is 291 g/mol. The second kappa shape index (κ2) is 8.03. The van der Waals surface area contributed by atoms with Crippen LogP contribution in [0.5, 0.6) is 5.75 Å². The van der Waals surface area contributed by atoms with E-state index in [1.807, 2.05) is 13.0 Å². The minimum absolute atomic E-state index is 0.129. The smallest absolute Gasteiger partial charge is 0.307 e. The molecule has 1 N–H and O–H groups in total. The maximum absolute atomic E-state index is 11.3. The van der Waals surface area contributed by atoms with E-state index in [4.69, 9.17) is 9.47 Å². The van der Waals surface area contributed by atoms with Crippen molar-refractivity contribution in [3.8, 4) is 5.75 Å². The zero-order valence-corrected chi connectivity index (χ0v) is 13.0. The summed E-state index contributed by atoms with van der Waals surface area (Å²) in [5.41, 5.74) is 2.82. The van der Waals surface area contributed by atoms with Crippen molar-refractivity contribution in [2.45, 2.75) is 38.5 Å². The number of hydrogen-bond donors (Lipinski definition) is 1. The van der Waals surface area contributed by atoms with Gasteiger partial charge in [0.05, 0.1) is 20.1 Å². The van der Waals surface area contributed by atoms with Crippen LogP contribution in [-0.4, -0.2) is 32.8 Å². The SMILES string of the molecule is CCOC(=O)CCNCC1CCCc2ccc(OC)cc21. The summed E-state index contributed by atoms with van der Waals surface area (Å²) in [6.07, 6.45) is 4.00. The third-order valence-corrected chi connectivity index (χ3v) is 3.99. The third kappa shape index (κ3) is 4.46. The quantitative estimate of drug-likeness (QED) is 0.620. The topological polar surface area (TPSA) is 47.6 Å². The fraction of sp³-hybridized carbons (Fsp3) is 0.588. The lowest BCUT2D eigenvalue weighted by atomic mass is 9.82. The summed E-state index contributed by atoms with van der Waals surface area (Å²) in [7, 11) is 1.71. The molecular weight excluding hydrogens is 266 g/mol. The standard InChI is InChI=1S/C17H25NO3/c1-3-21-17(19)9-10-18-12-14-6-4-5-13-7-8-15(20-2)11-16(13)14/h7-8,11,14,18H,3-6,9-10,12H2,1-2H3. The van der Waals surface area contributed by atoms with Crippen molar-refractivity contribution in [2.24, 2.45) is 0 Å². The van der Waals surface area contributed by atoms with Gasteiger partial charge in [-0.1, -0.05) is 6.07 Å². The Morgan fingerprint density at radius 2 is 2.29 bits per heavy atom. The number of fused-ring (bicyclic) bond motifs is 1. The number of ether oxygens (including phenoxy) is 2. The highest BCUT2D eigenvalue weighted by atomic mass is 16.5. The van der Waals surface area contributed by atoms with Crippen LogP contribution >= 0.6 is 0 Å². The Hall–Kier alpha value is -1.55. The van der Waals surface area contributed by atoms with Crippen molar-refractivity contribution in [1.82, 2.24) is 5.32 Å². The number of carbonyl (C=O) groups excluding carboxylic acids is 1. The largest absolute Gasteiger partial charge is 0.497 e. The molecule has 21 heavy (non-hydrogen) atoms. The number of aryl methyl sites for hydroxylation is 1. The van der Waals surface area contributed by atoms with Crippen molar-refractivity contribution >= 4 is 5.97 Å². The maximum Gasteiger partial charge on any atom is 0.307 e. The van der Waals surface area contributed by atoms with E-state index in [-0.39, 0.29) is 5.97 Å². The number of benzene rings is 1. The zero-order valence-electron chi connectivity index (χ0n) is 13.0. The Balaban J connectivity index is 1.86. The van der Waals surface area contributed by atoms with Gasteiger partial charge in [-0.25, -0.2) is 0 Å².